The SMILES string of the molecule is Cc1cccc2nc(NCCC3CCC(C)CC3)nn12. The Kier molecular flexibility index (Phi) is 3.90. The van der Waals surface area contributed by atoms with Crippen molar-refractivity contribution in [1.29, 1.82) is 0 Å². The van der Waals surface area contributed by atoms with Crippen LogP contribution in [0.25, 0.3) is 5.65 Å². The number of aryl methyl sites for hydroxylation is 1. The van der Waals surface area contributed by atoms with E-state index in [1.165, 1.54) is 32.1 Å². The van der Waals surface area contributed by atoms with Crippen molar-refractivity contribution in [2.24, 2.45) is 11.8 Å². The molecule has 0 aromatic carbocycles. The van der Waals surface area contributed by atoms with Crippen LogP contribution in [0.4, 0.5) is 5.95 Å². The lowest BCUT2D eigenvalue weighted by Gasteiger charge is -2.25. The van der Waals surface area contributed by atoms with Crippen LogP contribution in [-0.4, -0.2) is 21.1 Å². The molecule has 0 bridgehead atoms. The summed E-state index contributed by atoms with van der Waals surface area (Å²) >= 11 is 0. The molecule has 2 heterocycles. The Morgan fingerprint density at radius 3 is 2.80 bits per heavy atom. The van der Waals surface area contributed by atoms with Crippen molar-refractivity contribution in [3.63, 3.8) is 0 Å². The highest BCUT2D eigenvalue weighted by molar-refractivity contribution is 5.44. The molecule has 1 N–H and O–H groups in total. The Bertz CT molecular complexity index is 567. The van der Waals surface area contributed by atoms with Crippen LogP contribution in [0.15, 0.2) is 18.2 Å². The van der Waals surface area contributed by atoms with Gasteiger partial charge in [0.15, 0.2) is 5.65 Å². The second-order valence-corrected chi connectivity index (χ2v) is 6.21. The van der Waals surface area contributed by atoms with Gasteiger partial charge in [0.2, 0.25) is 5.95 Å². The normalized spacial score (nSPS) is 23.1. The number of fused-ring (bicyclic) bond motifs is 1. The summed E-state index contributed by atoms with van der Waals surface area (Å²) in [6.07, 6.45) is 6.81. The first-order valence-electron chi connectivity index (χ1n) is 7.78. The van der Waals surface area contributed by atoms with Crippen molar-refractivity contribution in [1.82, 2.24) is 14.6 Å². The molecule has 2 aromatic rings. The van der Waals surface area contributed by atoms with E-state index < -0.39 is 0 Å². The van der Waals surface area contributed by atoms with E-state index in [-0.39, 0.29) is 0 Å². The minimum absolute atomic E-state index is 0.753. The minimum atomic E-state index is 0.753. The van der Waals surface area contributed by atoms with E-state index in [0.717, 1.165) is 35.7 Å². The summed E-state index contributed by atoms with van der Waals surface area (Å²) in [5.41, 5.74) is 2.03. The fourth-order valence-corrected chi connectivity index (χ4v) is 3.12. The zero-order valence-corrected chi connectivity index (χ0v) is 12.5. The Morgan fingerprint density at radius 1 is 1.25 bits per heavy atom. The molecule has 0 amide bonds. The summed E-state index contributed by atoms with van der Waals surface area (Å²) in [5, 5.41) is 7.88. The summed E-state index contributed by atoms with van der Waals surface area (Å²) < 4.78 is 1.89. The summed E-state index contributed by atoms with van der Waals surface area (Å²) in [5.74, 6) is 2.57. The van der Waals surface area contributed by atoms with Crippen molar-refractivity contribution < 1.29 is 0 Å². The highest BCUT2D eigenvalue weighted by Gasteiger charge is 2.17. The number of nitrogens with zero attached hydrogens (tertiary/aromatic N) is 3. The van der Waals surface area contributed by atoms with Gasteiger partial charge in [-0.1, -0.05) is 38.7 Å². The molecule has 108 valence electrons. The smallest absolute Gasteiger partial charge is 0.243 e. The maximum absolute atomic E-state index is 4.51. The van der Waals surface area contributed by atoms with E-state index in [9.17, 15) is 0 Å². The number of aromatic nitrogens is 3. The molecule has 0 aliphatic heterocycles. The van der Waals surface area contributed by atoms with Crippen molar-refractivity contribution in [2.75, 3.05) is 11.9 Å². The second kappa shape index (κ2) is 5.81. The third kappa shape index (κ3) is 2.94. The summed E-state index contributed by atoms with van der Waals surface area (Å²) in [4.78, 5) is 4.51. The van der Waals surface area contributed by atoms with E-state index in [2.05, 4.69) is 35.3 Å². The number of hydrogen-bond donors (Lipinski definition) is 1. The van der Waals surface area contributed by atoms with Crippen molar-refractivity contribution in [3.8, 4) is 0 Å². The predicted molar refractivity (Wildman–Crippen MR) is 82.0 cm³/mol. The van der Waals surface area contributed by atoms with Crippen LogP contribution < -0.4 is 5.32 Å². The van der Waals surface area contributed by atoms with Crippen LogP contribution in [0.3, 0.4) is 0 Å². The van der Waals surface area contributed by atoms with Gasteiger partial charge in [0.25, 0.3) is 0 Å². The molecule has 2 aromatic heterocycles. The van der Waals surface area contributed by atoms with E-state index in [1.807, 2.05) is 16.6 Å². The van der Waals surface area contributed by atoms with E-state index in [4.69, 9.17) is 0 Å². The third-order valence-electron chi connectivity index (χ3n) is 4.52. The van der Waals surface area contributed by atoms with Gasteiger partial charge < -0.3 is 5.32 Å². The Balaban J connectivity index is 1.53. The molecule has 0 radical (unpaired) electrons. The Hall–Kier alpha value is -1.58. The van der Waals surface area contributed by atoms with Crippen LogP contribution in [0.5, 0.6) is 0 Å². The van der Waals surface area contributed by atoms with Crippen molar-refractivity contribution >= 4 is 11.6 Å². The lowest BCUT2D eigenvalue weighted by Crippen LogP contribution is -2.16. The Morgan fingerprint density at radius 2 is 2.05 bits per heavy atom. The fraction of sp³-hybridized carbons (Fsp3) is 0.625. The van der Waals surface area contributed by atoms with Gasteiger partial charge in [-0.25, -0.2) is 4.52 Å². The van der Waals surface area contributed by atoms with Gasteiger partial charge >= 0.3 is 0 Å². The molecule has 0 unspecified atom stereocenters. The zero-order valence-electron chi connectivity index (χ0n) is 12.5. The van der Waals surface area contributed by atoms with Crippen molar-refractivity contribution in [2.45, 2.75) is 46.0 Å². The highest BCUT2D eigenvalue weighted by atomic mass is 15.3. The quantitative estimate of drug-likeness (QED) is 0.923. The molecular weight excluding hydrogens is 248 g/mol. The Labute approximate surface area is 120 Å². The van der Waals surface area contributed by atoms with E-state index >= 15 is 0 Å². The molecule has 1 aliphatic carbocycles. The summed E-state index contributed by atoms with van der Waals surface area (Å²) in [7, 11) is 0. The fourth-order valence-electron chi connectivity index (χ4n) is 3.12. The lowest BCUT2D eigenvalue weighted by atomic mass is 9.81. The van der Waals surface area contributed by atoms with Gasteiger partial charge in [0.05, 0.1) is 0 Å². The van der Waals surface area contributed by atoms with Gasteiger partial charge in [-0.2, -0.15) is 4.98 Å². The van der Waals surface area contributed by atoms with Crippen LogP contribution in [-0.2, 0) is 0 Å². The average Bonchev–Trinajstić information content (AvgIpc) is 2.85. The van der Waals surface area contributed by atoms with Crippen LogP contribution in [0, 0.1) is 18.8 Å². The molecule has 0 atom stereocenters. The maximum Gasteiger partial charge on any atom is 0.243 e. The molecule has 3 rings (SSSR count). The molecule has 4 nitrogen and oxygen atoms in total. The number of hydrogen-bond acceptors (Lipinski definition) is 3. The molecule has 4 heteroatoms. The number of anilines is 1. The zero-order chi connectivity index (χ0) is 13.9. The first kappa shape index (κ1) is 13.4. The topological polar surface area (TPSA) is 42.2 Å². The molecule has 1 saturated carbocycles. The van der Waals surface area contributed by atoms with Gasteiger partial charge in [-0.3, -0.25) is 0 Å². The molecular formula is C16H24N4. The standard InChI is InChI=1S/C16H24N4/c1-12-6-8-14(9-7-12)10-11-17-16-18-15-5-3-4-13(2)20(15)19-16/h3-5,12,14H,6-11H2,1-2H3,(H,17,19). The third-order valence-corrected chi connectivity index (χ3v) is 4.52. The van der Waals surface area contributed by atoms with Gasteiger partial charge in [0, 0.05) is 12.2 Å². The first-order chi connectivity index (χ1) is 9.72. The number of pyridine rings is 1. The first-order valence-corrected chi connectivity index (χ1v) is 7.78. The number of rotatable bonds is 4. The predicted octanol–water partition coefficient (Wildman–Crippen LogP) is 3.67. The summed E-state index contributed by atoms with van der Waals surface area (Å²) in [6.45, 7) is 5.40. The molecule has 20 heavy (non-hydrogen) atoms. The van der Waals surface area contributed by atoms with Crippen LogP contribution in [0.2, 0.25) is 0 Å². The van der Waals surface area contributed by atoms with Crippen LogP contribution >= 0.6 is 0 Å². The molecule has 1 aliphatic rings. The van der Waals surface area contributed by atoms with Crippen LogP contribution in [0.1, 0.15) is 44.7 Å². The second-order valence-electron chi connectivity index (χ2n) is 6.21. The monoisotopic (exact) mass is 272 g/mol. The van der Waals surface area contributed by atoms with E-state index in [0.29, 0.717) is 0 Å². The van der Waals surface area contributed by atoms with Gasteiger partial charge in [-0.15, -0.1) is 5.10 Å². The summed E-state index contributed by atoms with van der Waals surface area (Å²) in [6, 6.07) is 6.06. The maximum atomic E-state index is 4.51. The minimum Gasteiger partial charge on any atom is -0.353 e. The average molecular weight is 272 g/mol. The van der Waals surface area contributed by atoms with E-state index in [1.54, 1.807) is 0 Å². The lowest BCUT2D eigenvalue weighted by molar-refractivity contribution is 0.282. The van der Waals surface area contributed by atoms with Gasteiger partial charge in [-0.05, 0) is 37.3 Å². The van der Waals surface area contributed by atoms with Crippen molar-refractivity contribution in [3.05, 3.63) is 23.9 Å². The highest BCUT2D eigenvalue weighted by Crippen LogP contribution is 2.30. The van der Waals surface area contributed by atoms with Gasteiger partial charge in [0.1, 0.15) is 0 Å². The molecule has 0 spiro atoms. The largest absolute Gasteiger partial charge is 0.353 e. The number of nitrogens with one attached hydrogen (secondary N) is 1. The molecule has 1 fully saturated rings. The molecule has 0 saturated heterocycles.